The summed E-state index contributed by atoms with van der Waals surface area (Å²) in [6.07, 6.45) is -0.402. The number of benzene rings is 2. The predicted octanol–water partition coefficient (Wildman–Crippen LogP) is 1.00. The van der Waals surface area contributed by atoms with E-state index in [2.05, 4.69) is 15.5 Å². The van der Waals surface area contributed by atoms with Crippen LogP contribution < -0.4 is 20.2 Å². The van der Waals surface area contributed by atoms with E-state index in [4.69, 9.17) is 4.74 Å². The van der Waals surface area contributed by atoms with Crippen LogP contribution in [0.1, 0.15) is 18.9 Å². The molecule has 2 aromatic carbocycles. The van der Waals surface area contributed by atoms with E-state index in [9.17, 15) is 27.2 Å². The molecule has 1 fully saturated rings. The highest BCUT2D eigenvalue weighted by atomic mass is 32.2. The zero-order chi connectivity index (χ0) is 23.5. The van der Waals surface area contributed by atoms with E-state index in [1.54, 1.807) is 24.3 Å². The van der Waals surface area contributed by atoms with Crippen LogP contribution in [0.5, 0.6) is 5.75 Å². The fourth-order valence-electron chi connectivity index (χ4n) is 3.09. The Morgan fingerprint density at radius 1 is 1.19 bits per heavy atom. The van der Waals surface area contributed by atoms with Crippen molar-refractivity contribution in [1.82, 2.24) is 20.5 Å². The quantitative estimate of drug-likeness (QED) is 0.499. The molecule has 0 spiro atoms. The van der Waals surface area contributed by atoms with Crippen LogP contribution in [0.15, 0.2) is 53.4 Å². The zero-order valence-corrected chi connectivity index (χ0v) is 18.0. The normalized spacial score (nSPS) is 18.4. The van der Waals surface area contributed by atoms with E-state index in [1.807, 2.05) is 0 Å². The van der Waals surface area contributed by atoms with E-state index >= 15 is 0 Å². The summed E-state index contributed by atoms with van der Waals surface area (Å²) in [5, 5.41) is 3.06. The molecule has 0 saturated carbocycles. The highest BCUT2D eigenvalue weighted by Crippen LogP contribution is 2.30. The summed E-state index contributed by atoms with van der Waals surface area (Å²) in [7, 11) is -2.71. The van der Waals surface area contributed by atoms with E-state index < -0.39 is 50.5 Å². The summed E-state index contributed by atoms with van der Waals surface area (Å²) in [6, 6.07) is 10.5. The first-order valence-electron chi connectivity index (χ1n) is 9.43. The van der Waals surface area contributed by atoms with Crippen LogP contribution >= 0.6 is 0 Å². The van der Waals surface area contributed by atoms with Gasteiger partial charge in [-0.2, -0.15) is 5.01 Å². The van der Waals surface area contributed by atoms with Crippen molar-refractivity contribution < 1.29 is 31.9 Å². The van der Waals surface area contributed by atoms with Gasteiger partial charge in [-0.1, -0.05) is 24.3 Å². The summed E-state index contributed by atoms with van der Waals surface area (Å²) in [5.74, 6) is -1.97. The molecule has 1 aliphatic rings. The molecule has 170 valence electrons. The van der Waals surface area contributed by atoms with Crippen LogP contribution in [0.4, 0.5) is 9.18 Å². The third-order valence-electron chi connectivity index (χ3n) is 4.84. The van der Waals surface area contributed by atoms with Crippen molar-refractivity contribution in [2.75, 3.05) is 13.7 Å². The summed E-state index contributed by atoms with van der Waals surface area (Å²) in [4.78, 5) is 36.8. The highest BCUT2D eigenvalue weighted by Gasteiger charge is 2.50. The molecule has 1 saturated heterocycles. The van der Waals surface area contributed by atoms with Crippen LogP contribution in [0.2, 0.25) is 0 Å². The molecule has 32 heavy (non-hydrogen) atoms. The van der Waals surface area contributed by atoms with Gasteiger partial charge in [0.1, 0.15) is 22.0 Å². The molecule has 4 amide bonds. The third kappa shape index (κ3) is 4.55. The van der Waals surface area contributed by atoms with E-state index in [0.717, 1.165) is 12.1 Å². The Hall–Kier alpha value is -3.51. The topological polar surface area (TPSA) is 134 Å². The fraction of sp³-hybridized carbons (Fsp3) is 0.250. The minimum Gasteiger partial charge on any atom is -0.497 e. The molecular formula is C20H21FN4O6S. The second-order valence-electron chi connectivity index (χ2n) is 7.04. The van der Waals surface area contributed by atoms with Gasteiger partial charge in [-0.05, 0) is 36.8 Å². The standard InChI is InChI=1S/C20H21FN4O6S/c1-20(13-6-5-7-14(12-13)31-2)18(27)25(19(28)23-20)24-17(26)10-11-22-32(29,30)16-9-4-3-8-15(16)21/h3-9,12,22H,10-11H2,1-2H3,(H,23,28)(H,24,26). The molecule has 3 rings (SSSR count). The number of halogens is 1. The summed E-state index contributed by atoms with van der Waals surface area (Å²) < 4.78 is 45.2. The Labute approximate surface area is 183 Å². The van der Waals surface area contributed by atoms with Crippen LogP contribution in [-0.2, 0) is 25.2 Å². The molecule has 1 heterocycles. The second-order valence-corrected chi connectivity index (χ2v) is 8.78. The third-order valence-corrected chi connectivity index (χ3v) is 6.34. The van der Waals surface area contributed by atoms with E-state index in [0.29, 0.717) is 16.3 Å². The number of ether oxygens (including phenoxy) is 1. The van der Waals surface area contributed by atoms with Gasteiger partial charge < -0.3 is 10.1 Å². The first-order valence-corrected chi connectivity index (χ1v) is 10.9. The van der Waals surface area contributed by atoms with Gasteiger partial charge in [-0.25, -0.2) is 22.3 Å². The van der Waals surface area contributed by atoms with Gasteiger partial charge in [0.05, 0.1) is 7.11 Å². The van der Waals surface area contributed by atoms with E-state index in [1.165, 1.54) is 26.2 Å². The van der Waals surface area contributed by atoms with Gasteiger partial charge >= 0.3 is 6.03 Å². The monoisotopic (exact) mass is 464 g/mol. The molecule has 1 aliphatic heterocycles. The lowest BCUT2D eigenvalue weighted by Gasteiger charge is -2.22. The molecule has 3 N–H and O–H groups in total. The van der Waals surface area contributed by atoms with Gasteiger partial charge in [0.15, 0.2) is 0 Å². The van der Waals surface area contributed by atoms with Crippen molar-refractivity contribution >= 4 is 27.9 Å². The Bertz CT molecular complexity index is 1170. The first kappa shape index (κ1) is 23.2. The van der Waals surface area contributed by atoms with Gasteiger partial charge in [-0.15, -0.1) is 0 Å². The summed E-state index contributed by atoms with van der Waals surface area (Å²) >= 11 is 0. The molecule has 2 aromatic rings. The van der Waals surface area contributed by atoms with Gasteiger partial charge in [0, 0.05) is 13.0 Å². The van der Waals surface area contributed by atoms with E-state index in [-0.39, 0.29) is 6.54 Å². The maximum Gasteiger partial charge on any atom is 0.344 e. The Kier molecular flexibility index (Phi) is 6.46. The number of sulfonamides is 1. The number of methoxy groups -OCH3 is 1. The minimum atomic E-state index is -4.17. The number of rotatable bonds is 8. The van der Waals surface area contributed by atoms with Crippen molar-refractivity contribution in [2.24, 2.45) is 0 Å². The van der Waals surface area contributed by atoms with Gasteiger partial charge in [0.25, 0.3) is 5.91 Å². The van der Waals surface area contributed by atoms with Crippen LogP contribution in [0.3, 0.4) is 0 Å². The molecule has 0 bridgehead atoms. The van der Waals surface area contributed by atoms with Crippen molar-refractivity contribution in [1.29, 1.82) is 0 Å². The van der Waals surface area contributed by atoms with Crippen molar-refractivity contribution in [3.05, 3.63) is 59.9 Å². The Morgan fingerprint density at radius 3 is 2.59 bits per heavy atom. The molecule has 0 aliphatic carbocycles. The smallest absolute Gasteiger partial charge is 0.344 e. The number of nitrogens with zero attached hydrogens (tertiary/aromatic N) is 1. The van der Waals surface area contributed by atoms with Gasteiger partial charge in [-0.3, -0.25) is 15.0 Å². The first-order chi connectivity index (χ1) is 15.1. The number of carbonyl (C=O) groups is 3. The minimum absolute atomic E-state index is 0.376. The largest absolute Gasteiger partial charge is 0.497 e. The van der Waals surface area contributed by atoms with Crippen molar-refractivity contribution in [3.63, 3.8) is 0 Å². The fourth-order valence-corrected chi connectivity index (χ4v) is 4.20. The SMILES string of the molecule is COc1cccc(C2(C)NC(=O)N(NC(=O)CCNS(=O)(=O)c3ccccc3F)C2=O)c1. The van der Waals surface area contributed by atoms with Gasteiger partial charge in [0.2, 0.25) is 15.9 Å². The van der Waals surface area contributed by atoms with Crippen molar-refractivity contribution in [3.8, 4) is 5.75 Å². The number of nitrogens with one attached hydrogen (secondary N) is 3. The molecular weight excluding hydrogens is 443 g/mol. The average Bonchev–Trinajstić information content (AvgIpc) is 2.97. The Balaban J connectivity index is 1.62. The average molecular weight is 464 g/mol. The lowest BCUT2D eigenvalue weighted by atomic mass is 9.92. The molecule has 10 nitrogen and oxygen atoms in total. The predicted molar refractivity (Wildman–Crippen MR) is 110 cm³/mol. The number of hydrogen-bond donors (Lipinski definition) is 3. The van der Waals surface area contributed by atoms with Crippen molar-refractivity contribution in [2.45, 2.75) is 23.8 Å². The maximum atomic E-state index is 13.7. The number of hydrazine groups is 1. The Morgan fingerprint density at radius 2 is 1.91 bits per heavy atom. The van der Waals surface area contributed by atoms with Crippen LogP contribution in [-0.4, -0.2) is 44.9 Å². The number of carbonyl (C=O) groups excluding carboxylic acids is 3. The molecule has 0 aromatic heterocycles. The van der Waals surface area contributed by atoms with Crippen LogP contribution in [0, 0.1) is 5.82 Å². The molecule has 12 heteroatoms. The molecule has 0 radical (unpaired) electrons. The number of imide groups is 1. The second kappa shape index (κ2) is 8.93. The number of hydrogen-bond acceptors (Lipinski definition) is 6. The van der Waals surface area contributed by atoms with Crippen LogP contribution in [0.25, 0.3) is 0 Å². The summed E-state index contributed by atoms with van der Waals surface area (Å²) in [5.41, 5.74) is 1.17. The molecule has 1 atom stereocenters. The maximum absolute atomic E-state index is 13.7. The number of amides is 4. The highest BCUT2D eigenvalue weighted by molar-refractivity contribution is 7.89. The lowest BCUT2D eigenvalue weighted by molar-refractivity contribution is -0.138. The lowest BCUT2D eigenvalue weighted by Crippen LogP contribution is -2.48. The summed E-state index contributed by atoms with van der Waals surface area (Å²) in [6.45, 7) is 1.11. The zero-order valence-electron chi connectivity index (χ0n) is 17.2. The number of urea groups is 1. The molecule has 1 unspecified atom stereocenters.